The van der Waals surface area contributed by atoms with Crippen molar-refractivity contribution in [2.45, 2.75) is 13.0 Å². The van der Waals surface area contributed by atoms with Crippen LogP contribution in [0.3, 0.4) is 0 Å². The maximum Gasteiger partial charge on any atom is 0.257 e. The number of rotatable bonds is 3. The molecular weight excluding hydrogens is 352 g/mol. The van der Waals surface area contributed by atoms with Crippen LogP contribution in [0.15, 0.2) is 60.0 Å². The van der Waals surface area contributed by atoms with Crippen LogP contribution in [0.2, 0.25) is 5.02 Å². The minimum atomic E-state index is -0.189. The van der Waals surface area contributed by atoms with Gasteiger partial charge in [0.25, 0.3) is 5.91 Å². The van der Waals surface area contributed by atoms with Crippen molar-refractivity contribution in [1.82, 2.24) is 0 Å². The van der Waals surface area contributed by atoms with Gasteiger partial charge in [0, 0.05) is 18.0 Å². The summed E-state index contributed by atoms with van der Waals surface area (Å²) < 4.78 is 0. The second kappa shape index (κ2) is 6.90. The predicted molar refractivity (Wildman–Crippen MR) is 105 cm³/mol. The van der Waals surface area contributed by atoms with Crippen molar-refractivity contribution in [3.8, 4) is 0 Å². The molecule has 0 saturated carbocycles. The van der Waals surface area contributed by atoms with E-state index in [0.29, 0.717) is 10.6 Å². The smallest absolute Gasteiger partial charge is 0.257 e. The van der Waals surface area contributed by atoms with Crippen molar-refractivity contribution in [3.05, 3.63) is 81.0 Å². The number of hydrogen-bond donors (Lipinski definition) is 1. The molecule has 1 aromatic heterocycles. The van der Waals surface area contributed by atoms with Crippen LogP contribution in [0.1, 0.15) is 20.8 Å². The third-order valence-corrected chi connectivity index (χ3v) is 5.77. The van der Waals surface area contributed by atoms with E-state index in [4.69, 9.17) is 11.6 Å². The molecule has 25 heavy (non-hydrogen) atoms. The van der Waals surface area contributed by atoms with Crippen LogP contribution < -0.4 is 10.2 Å². The second-order valence-corrected chi connectivity index (χ2v) is 7.40. The van der Waals surface area contributed by atoms with Gasteiger partial charge in [-0.05, 0) is 47.7 Å². The lowest BCUT2D eigenvalue weighted by Crippen LogP contribution is -2.30. The largest absolute Gasteiger partial charge is 0.365 e. The number of para-hydroxylation sites is 2. The molecule has 0 radical (unpaired) electrons. The summed E-state index contributed by atoms with van der Waals surface area (Å²) in [7, 11) is 0. The Balaban J connectivity index is 1.60. The van der Waals surface area contributed by atoms with Crippen LogP contribution in [-0.2, 0) is 13.0 Å². The Morgan fingerprint density at radius 2 is 1.88 bits per heavy atom. The van der Waals surface area contributed by atoms with E-state index in [1.165, 1.54) is 10.4 Å². The first-order chi connectivity index (χ1) is 12.2. The zero-order chi connectivity index (χ0) is 17.2. The summed E-state index contributed by atoms with van der Waals surface area (Å²) in [6, 6.07) is 17.2. The quantitative estimate of drug-likeness (QED) is 0.687. The van der Waals surface area contributed by atoms with Crippen molar-refractivity contribution in [3.63, 3.8) is 0 Å². The number of hydrogen-bond acceptors (Lipinski definition) is 3. The molecule has 3 aromatic rings. The maximum absolute atomic E-state index is 12.6. The zero-order valence-electron chi connectivity index (χ0n) is 13.5. The number of halogens is 1. The fraction of sp³-hybridized carbons (Fsp3) is 0.150. The molecule has 3 nitrogen and oxygen atoms in total. The Hall–Kier alpha value is -2.30. The molecule has 2 aromatic carbocycles. The van der Waals surface area contributed by atoms with Gasteiger partial charge in [0.15, 0.2) is 0 Å². The van der Waals surface area contributed by atoms with E-state index in [1.807, 2.05) is 41.7 Å². The summed E-state index contributed by atoms with van der Waals surface area (Å²) in [6.07, 6.45) is 1.04. The van der Waals surface area contributed by atoms with E-state index in [1.54, 1.807) is 12.1 Å². The van der Waals surface area contributed by atoms with E-state index in [9.17, 15) is 4.79 Å². The molecule has 126 valence electrons. The number of amides is 1. The van der Waals surface area contributed by atoms with Gasteiger partial charge in [0.1, 0.15) is 0 Å². The van der Waals surface area contributed by atoms with Crippen molar-refractivity contribution < 1.29 is 4.79 Å². The van der Waals surface area contributed by atoms with Gasteiger partial charge >= 0.3 is 0 Å². The van der Waals surface area contributed by atoms with Crippen LogP contribution in [0.25, 0.3) is 0 Å². The van der Waals surface area contributed by atoms with Crippen molar-refractivity contribution in [2.24, 2.45) is 0 Å². The molecule has 1 aliphatic heterocycles. The van der Waals surface area contributed by atoms with Crippen LogP contribution in [0.5, 0.6) is 0 Å². The molecule has 5 heteroatoms. The Bertz CT molecular complexity index is 921. The highest BCUT2D eigenvalue weighted by Gasteiger charge is 2.20. The minimum absolute atomic E-state index is 0.189. The predicted octanol–water partition coefficient (Wildman–Crippen LogP) is 5.22. The van der Waals surface area contributed by atoms with Gasteiger partial charge in [-0.25, -0.2) is 0 Å². The van der Waals surface area contributed by atoms with Gasteiger partial charge in [-0.1, -0.05) is 35.9 Å². The van der Waals surface area contributed by atoms with Crippen LogP contribution >= 0.6 is 22.9 Å². The number of carbonyl (C=O) groups is 1. The molecule has 0 aliphatic carbocycles. The van der Waals surface area contributed by atoms with E-state index in [-0.39, 0.29) is 5.91 Å². The van der Waals surface area contributed by atoms with Crippen molar-refractivity contribution in [2.75, 3.05) is 16.8 Å². The third-order valence-electron chi connectivity index (χ3n) is 4.42. The molecule has 4 rings (SSSR count). The first kappa shape index (κ1) is 16.2. The summed E-state index contributed by atoms with van der Waals surface area (Å²) in [5.41, 5.74) is 3.71. The molecule has 0 saturated heterocycles. The Morgan fingerprint density at radius 1 is 1.08 bits per heavy atom. The Labute approximate surface area is 155 Å². The third kappa shape index (κ3) is 3.28. The highest BCUT2D eigenvalue weighted by molar-refractivity contribution is 7.10. The highest BCUT2D eigenvalue weighted by atomic mass is 35.5. The number of nitrogens with zero attached hydrogens (tertiary/aromatic N) is 1. The van der Waals surface area contributed by atoms with Crippen LogP contribution in [0.4, 0.5) is 11.4 Å². The normalized spacial score (nSPS) is 13.4. The lowest BCUT2D eigenvalue weighted by molar-refractivity contribution is 0.102. The first-order valence-electron chi connectivity index (χ1n) is 8.17. The standard InChI is InChI=1S/C20H17ClN2OS/c21-16-6-2-1-5-15(16)20(24)22-17-7-3-4-8-18(17)23-11-9-19-14(13-23)10-12-25-19/h1-8,10,12H,9,11,13H2,(H,22,24). The van der Waals surface area contributed by atoms with Gasteiger partial charge in [0.2, 0.25) is 0 Å². The van der Waals surface area contributed by atoms with Gasteiger partial charge in [-0.2, -0.15) is 0 Å². The van der Waals surface area contributed by atoms with Crippen molar-refractivity contribution in [1.29, 1.82) is 0 Å². The second-order valence-electron chi connectivity index (χ2n) is 5.99. The number of benzene rings is 2. The zero-order valence-corrected chi connectivity index (χ0v) is 15.1. The van der Waals surface area contributed by atoms with Crippen LogP contribution in [0, 0.1) is 0 Å². The van der Waals surface area contributed by atoms with Gasteiger partial charge in [0.05, 0.1) is 22.0 Å². The number of nitrogens with one attached hydrogen (secondary N) is 1. The summed E-state index contributed by atoms with van der Waals surface area (Å²) in [4.78, 5) is 16.4. The molecule has 0 unspecified atom stereocenters. The summed E-state index contributed by atoms with van der Waals surface area (Å²) >= 11 is 7.97. The lowest BCUT2D eigenvalue weighted by atomic mass is 10.1. The molecule has 0 fully saturated rings. The first-order valence-corrected chi connectivity index (χ1v) is 9.43. The van der Waals surface area contributed by atoms with Gasteiger partial charge < -0.3 is 10.2 Å². The maximum atomic E-state index is 12.6. The summed E-state index contributed by atoms with van der Waals surface area (Å²) in [5.74, 6) is -0.189. The number of thiophene rings is 1. The molecule has 0 bridgehead atoms. The molecular formula is C20H17ClN2OS. The van der Waals surface area contributed by atoms with Crippen molar-refractivity contribution >= 4 is 40.2 Å². The Morgan fingerprint density at radius 3 is 2.76 bits per heavy atom. The number of fused-ring (bicyclic) bond motifs is 1. The molecule has 1 amide bonds. The fourth-order valence-electron chi connectivity index (χ4n) is 3.14. The monoisotopic (exact) mass is 368 g/mol. The van der Waals surface area contributed by atoms with Crippen LogP contribution in [-0.4, -0.2) is 12.5 Å². The average molecular weight is 369 g/mol. The average Bonchev–Trinajstić information content (AvgIpc) is 3.10. The topological polar surface area (TPSA) is 32.3 Å². The number of anilines is 2. The summed E-state index contributed by atoms with van der Waals surface area (Å²) in [5, 5.41) is 5.63. The number of carbonyl (C=O) groups excluding carboxylic acids is 1. The molecule has 0 atom stereocenters. The van der Waals surface area contributed by atoms with E-state index >= 15 is 0 Å². The fourth-order valence-corrected chi connectivity index (χ4v) is 4.26. The lowest BCUT2D eigenvalue weighted by Gasteiger charge is -2.30. The summed E-state index contributed by atoms with van der Waals surface area (Å²) in [6.45, 7) is 1.82. The Kier molecular flexibility index (Phi) is 4.47. The highest BCUT2D eigenvalue weighted by Crippen LogP contribution is 2.32. The SMILES string of the molecule is O=C(Nc1ccccc1N1CCc2sccc2C1)c1ccccc1Cl. The van der Waals surface area contributed by atoms with Gasteiger partial charge in [-0.15, -0.1) is 11.3 Å². The van der Waals surface area contributed by atoms with E-state index < -0.39 is 0 Å². The molecule has 1 N–H and O–H groups in total. The molecule has 1 aliphatic rings. The van der Waals surface area contributed by atoms with Gasteiger partial charge in [-0.3, -0.25) is 4.79 Å². The molecule has 2 heterocycles. The minimum Gasteiger partial charge on any atom is -0.365 e. The molecule has 0 spiro atoms. The van der Waals surface area contributed by atoms with E-state index in [0.717, 1.165) is 30.9 Å². The van der Waals surface area contributed by atoms with E-state index in [2.05, 4.69) is 27.7 Å².